The second-order valence-corrected chi connectivity index (χ2v) is 6.35. The maximum Gasteiger partial charge on any atom is 0.336 e. The van der Waals surface area contributed by atoms with Crippen molar-refractivity contribution in [3.05, 3.63) is 34.9 Å². The van der Waals surface area contributed by atoms with Gasteiger partial charge in [0, 0.05) is 12.6 Å². The Morgan fingerprint density at radius 1 is 1.38 bits per heavy atom. The third-order valence-corrected chi connectivity index (χ3v) is 4.59. The number of carbonyl (C=O) groups is 1. The summed E-state index contributed by atoms with van der Waals surface area (Å²) in [6.07, 6.45) is 3.21. The number of hydrogen-bond acceptors (Lipinski definition) is 3. The van der Waals surface area contributed by atoms with Crippen LogP contribution in [0.2, 0.25) is 0 Å². The van der Waals surface area contributed by atoms with Crippen LogP contribution in [0.15, 0.2) is 18.2 Å². The predicted octanol–water partition coefficient (Wildman–Crippen LogP) is 2.67. The van der Waals surface area contributed by atoms with Crippen molar-refractivity contribution in [3.8, 4) is 0 Å². The molecule has 0 amide bonds. The number of rotatable bonds is 4. The van der Waals surface area contributed by atoms with Crippen LogP contribution in [-0.4, -0.2) is 39.8 Å². The molecular formula is C17H25NO3. The summed E-state index contributed by atoms with van der Waals surface area (Å²) in [5, 5.41) is 19.2. The number of aliphatic carboxylic acids is 1. The lowest BCUT2D eigenvalue weighted by atomic mass is 9.89. The van der Waals surface area contributed by atoms with Gasteiger partial charge in [-0.2, -0.15) is 0 Å². The molecule has 2 atom stereocenters. The minimum Gasteiger partial charge on any atom is -0.479 e. The number of hydrogen-bond donors (Lipinski definition) is 2. The fourth-order valence-corrected chi connectivity index (χ4v) is 3.13. The van der Waals surface area contributed by atoms with Crippen LogP contribution in [-0.2, 0) is 4.79 Å². The number of carboxylic acid groups (broad SMARTS) is 1. The maximum absolute atomic E-state index is 11.2. The first-order chi connectivity index (χ1) is 9.83. The van der Waals surface area contributed by atoms with Gasteiger partial charge in [0.1, 0.15) is 0 Å². The molecule has 2 unspecified atom stereocenters. The van der Waals surface area contributed by atoms with E-state index in [1.54, 1.807) is 0 Å². The zero-order valence-electron chi connectivity index (χ0n) is 13.1. The Morgan fingerprint density at radius 3 is 2.76 bits per heavy atom. The van der Waals surface area contributed by atoms with Crippen LogP contribution < -0.4 is 0 Å². The third-order valence-electron chi connectivity index (χ3n) is 4.59. The molecule has 0 radical (unpaired) electrons. The zero-order chi connectivity index (χ0) is 15.6. The standard InChI is InChI=1S/C17H25NO3/c1-12-7-6-8-14(13(12)2)15-9-4-5-10-18(15)11-17(3,21)16(19)20/h6-8,15,21H,4-5,9-11H2,1-3H3,(H,19,20). The maximum atomic E-state index is 11.2. The number of piperidine rings is 1. The molecule has 1 heterocycles. The molecule has 0 saturated carbocycles. The molecule has 0 aliphatic carbocycles. The zero-order valence-corrected chi connectivity index (χ0v) is 13.1. The van der Waals surface area contributed by atoms with Gasteiger partial charge in [0.2, 0.25) is 0 Å². The molecule has 1 saturated heterocycles. The average molecular weight is 291 g/mol. The minimum absolute atomic E-state index is 0.167. The molecule has 0 bridgehead atoms. The van der Waals surface area contributed by atoms with Gasteiger partial charge in [0.25, 0.3) is 0 Å². The van der Waals surface area contributed by atoms with E-state index >= 15 is 0 Å². The summed E-state index contributed by atoms with van der Waals surface area (Å²) in [7, 11) is 0. The minimum atomic E-state index is -1.70. The van der Waals surface area contributed by atoms with Gasteiger partial charge in [-0.3, -0.25) is 4.90 Å². The number of β-amino-alcohol motifs (C(OH)–C–C–N with tert-alkyl or cyclic N) is 1. The van der Waals surface area contributed by atoms with E-state index in [9.17, 15) is 9.90 Å². The summed E-state index contributed by atoms with van der Waals surface area (Å²) >= 11 is 0. The summed E-state index contributed by atoms with van der Waals surface area (Å²) < 4.78 is 0. The average Bonchev–Trinajstić information content (AvgIpc) is 2.42. The number of nitrogens with zero attached hydrogens (tertiary/aromatic N) is 1. The molecule has 1 fully saturated rings. The van der Waals surface area contributed by atoms with Gasteiger partial charge in [0.15, 0.2) is 5.60 Å². The van der Waals surface area contributed by atoms with E-state index in [0.717, 1.165) is 25.8 Å². The highest BCUT2D eigenvalue weighted by molar-refractivity contribution is 5.76. The largest absolute Gasteiger partial charge is 0.479 e. The molecular weight excluding hydrogens is 266 g/mol. The van der Waals surface area contributed by atoms with Crippen LogP contribution in [0.25, 0.3) is 0 Å². The predicted molar refractivity (Wildman–Crippen MR) is 82.3 cm³/mol. The van der Waals surface area contributed by atoms with Crippen molar-refractivity contribution in [2.24, 2.45) is 0 Å². The summed E-state index contributed by atoms with van der Waals surface area (Å²) in [6, 6.07) is 6.48. The van der Waals surface area contributed by atoms with Crippen molar-refractivity contribution >= 4 is 5.97 Å². The van der Waals surface area contributed by atoms with E-state index in [-0.39, 0.29) is 12.6 Å². The molecule has 1 aliphatic rings. The lowest BCUT2D eigenvalue weighted by Gasteiger charge is -2.39. The molecule has 1 aliphatic heterocycles. The van der Waals surface area contributed by atoms with Gasteiger partial charge in [-0.1, -0.05) is 24.6 Å². The second kappa shape index (κ2) is 6.16. The first-order valence-electron chi connectivity index (χ1n) is 7.59. The van der Waals surface area contributed by atoms with Crippen molar-refractivity contribution in [3.63, 3.8) is 0 Å². The molecule has 2 rings (SSSR count). The Bertz CT molecular complexity index is 525. The van der Waals surface area contributed by atoms with Crippen LogP contribution >= 0.6 is 0 Å². The van der Waals surface area contributed by atoms with E-state index in [1.807, 2.05) is 0 Å². The fraction of sp³-hybridized carbons (Fsp3) is 0.588. The number of carboxylic acids is 1. The highest BCUT2D eigenvalue weighted by Crippen LogP contribution is 2.34. The molecule has 1 aromatic rings. The van der Waals surface area contributed by atoms with E-state index < -0.39 is 11.6 Å². The lowest BCUT2D eigenvalue weighted by Crippen LogP contribution is -2.49. The molecule has 116 valence electrons. The van der Waals surface area contributed by atoms with Crippen molar-refractivity contribution in [2.45, 2.75) is 51.7 Å². The summed E-state index contributed by atoms with van der Waals surface area (Å²) in [4.78, 5) is 13.3. The first kappa shape index (κ1) is 16.0. The molecule has 0 spiro atoms. The smallest absolute Gasteiger partial charge is 0.336 e. The second-order valence-electron chi connectivity index (χ2n) is 6.35. The summed E-state index contributed by atoms with van der Waals surface area (Å²) in [5.41, 5.74) is 2.08. The molecule has 0 aromatic heterocycles. The van der Waals surface area contributed by atoms with E-state index in [4.69, 9.17) is 5.11 Å². The Morgan fingerprint density at radius 2 is 2.10 bits per heavy atom. The van der Waals surface area contributed by atoms with Crippen LogP contribution in [0.3, 0.4) is 0 Å². The van der Waals surface area contributed by atoms with E-state index in [0.29, 0.717) is 0 Å². The van der Waals surface area contributed by atoms with Gasteiger partial charge in [-0.05, 0) is 56.8 Å². The highest BCUT2D eigenvalue weighted by Gasteiger charge is 2.36. The SMILES string of the molecule is Cc1cccc(C2CCCCN2CC(C)(O)C(=O)O)c1C. The lowest BCUT2D eigenvalue weighted by molar-refractivity contribution is -0.159. The van der Waals surface area contributed by atoms with Gasteiger partial charge < -0.3 is 10.2 Å². The van der Waals surface area contributed by atoms with Gasteiger partial charge in [0.05, 0.1) is 0 Å². The van der Waals surface area contributed by atoms with Crippen molar-refractivity contribution < 1.29 is 15.0 Å². The summed E-state index contributed by atoms with van der Waals surface area (Å²) in [5.74, 6) is -1.16. The number of aliphatic hydroxyl groups is 1. The highest BCUT2D eigenvalue weighted by atomic mass is 16.4. The quantitative estimate of drug-likeness (QED) is 0.895. The molecule has 21 heavy (non-hydrogen) atoms. The summed E-state index contributed by atoms with van der Waals surface area (Å²) in [6.45, 7) is 6.60. The Hall–Kier alpha value is -1.39. The normalized spacial score (nSPS) is 22.8. The Balaban J connectivity index is 2.27. The van der Waals surface area contributed by atoms with Crippen LogP contribution in [0.1, 0.15) is 48.9 Å². The van der Waals surface area contributed by atoms with Gasteiger partial charge in [-0.15, -0.1) is 0 Å². The van der Waals surface area contributed by atoms with Crippen LogP contribution in [0.5, 0.6) is 0 Å². The topological polar surface area (TPSA) is 60.8 Å². The molecule has 4 heteroatoms. The van der Waals surface area contributed by atoms with E-state index in [2.05, 4.69) is 36.9 Å². The van der Waals surface area contributed by atoms with Crippen LogP contribution in [0.4, 0.5) is 0 Å². The monoisotopic (exact) mass is 291 g/mol. The number of benzene rings is 1. The van der Waals surface area contributed by atoms with Crippen molar-refractivity contribution in [1.29, 1.82) is 0 Å². The molecule has 2 N–H and O–H groups in total. The van der Waals surface area contributed by atoms with Gasteiger partial charge >= 0.3 is 5.97 Å². The number of likely N-dealkylation sites (tertiary alicyclic amines) is 1. The molecule has 1 aromatic carbocycles. The van der Waals surface area contributed by atoms with Crippen molar-refractivity contribution in [2.75, 3.05) is 13.1 Å². The molecule has 4 nitrogen and oxygen atoms in total. The van der Waals surface area contributed by atoms with Gasteiger partial charge in [-0.25, -0.2) is 4.79 Å². The Kier molecular flexibility index (Phi) is 4.69. The number of aryl methyl sites for hydroxylation is 1. The first-order valence-corrected chi connectivity index (χ1v) is 7.59. The third kappa shape index (κ3) is 3.44. The van der Waals surface area contributed by atoms with E-state index in [1.165, 1.54) is 23.6 Å². The fourth-order valence-electron chi connectivity index (χ4n) is 3.13. The Labute approximate surface area is 126 Å². The van der Waals surface area contributed by atoms with Crippen LogP contribution in [0, 0.1) is 13.8 Å². The van der Waals surface area contributed by atoms with Crippen molar-refractivity contribution in [1.82, 2.24) is 4.90 Å².